The van der Waals surface area contributed by atoms with Gasteiger partial charge >= 0.3 is 0 Å². The maximum Gasteiger partial charge on any atom is 0.146 e. The van der Waals surface area contributed by atoms with E-state index in [9.17, 15) is 9.50 Å². The minimum Gasteiger partial charge on any atom is -0.394 e. The van der Waals surface area contributed by atoms with Gasteiger partial charge in [0.25, 0.3) is 0 Å². The van der Waals surface area contributed by atoms with Gasteiger partial charge < -0.3 is 20.1 Å². The molecule has 0 spiro atoms. The second-order valence-corrected chi connectivity index (χ2v) is 5.48. The van der Waals surface area contributed by atoms with Gasteiger partial charge in [-0.3, -0.25) is 0 Å². The molecule has 2 N–H and O–H groups in total. The maximum absolute atomic E-state index is 14.2. The van der Waals surface area contributed by atoms with Crippen molar-refractivity contribution in [2.45, 2.75) is 25.9 Å². The molecule has 1 aromatic carbocycles. The fraction of sp³-hybridized carbons (Fsp3) is 0.600. The highest BCUT2D eigenvalue weighted by Gasteiger charge is 2.24. The van der Waals surface area contributed by atoms with Gasteiger partial charge in [0.15, 0.2) is 0 Å². The normalized spacial score (nSPS) is 11.7. The number of rotatable bonds is 8. The Morgan fingerprint density at radius 1 is 1.40 bits per heavy atom. The number of benzene rings is 1. The van der Waals surface area contributed by atoms with Crippen LogP contribution in [-0.2, 0) is 11.3 Å². The van der Waals surface area contributed by atoms with Crippen molar-refractivity contribution in [3.05, 3.63) is 29.6 Å². The van der Waals surface area contributed by atoms with Crippen molar-refractivity contribution in [3.8, 4) is 0 Å². The van der Waals surface area contributed by atoms with E-state index in [1.54, 1.807) is 25.1 Å². The highest BCUT2D eigenvalue weighted by molar-refractivity contribution is 5.50. The van der Waals surface area contributed by atoms with E-state index in [4.69, 9.17) is 4.74 Å². The van der Waals surface area contributed by atoms with Crippen molar-refractivity contribution < 1.29 is 14.2 Å². The molecule has 0 radical (unpaired) electrons. The molecule has 5 heteroatoms. The first kappa shape index (κ1) is 16.9. The number of likely N-dealkylation sites (N-methyl/N-ethyl adjacent to an activating group) is 1. The summed E-state index contributed by atoms with van der Waals surface area (Å²) in [6.45, 7) is 5.67. The highest BCUT2D eigenvalue weighted by Crippen LogP contribution is 2.25. The number of hydrogen-bond acceptors (Lipinski definition) is 4. The molecule has 20 heavy (non-hydrogen) atoms. The lowest BCUT2D eigenvalue weighted by atomic mass is 10.0. The Labute approximate surface area is 120 Å². The molecular weight excluding hydrogens is 259 g/mol. The summed E-state index contributed by atoms with van der Waals surface area (Å²) >= 11 is 0. The number of nitrogens with zero attached hydrogens (tertiary/aromatic N) is 1. The van der Waals surface area contributed by atoms with Crippen molar-refractivity contribution in [2.75, 3.05) is 38.8 Å². The van der Waals surface area contributed by atoms with Gasteiger partial charge in [-0.2, -0.15) is 0 Å². The minimum atomic E-state index is -0.501. The SMILES string of the molecule is COCCNCc1ccc(N(C)C(C)(C)CO)c(F)c1. The van der Waals surface area contributed by atoms with Crippen LogP contribution < -0.4 is 10.2 Å². The van der Waals surface area contributed by atoms with E-state index in [-0.39, 0.29) is 12.4 Å². The number of halogens is 1. The third-order valence-electron chi connectivity index (χ3n) is 3.48. The molecule has 0 aliphatic carbocycles. The minimum absolute atomic E-state index is 0.0384. The van der Waals surface area contributed by atoms with Crippen LogP contribution in [0.5, 0.6) is 0 Å². The molecule has 4 nitrogen and oxygen atoms in total. The van der Waals surface area contributed by atoms with Gasteiger partial charge in [0.2, 0.25) is 0 Å². The monoisotopic (exact) mass is 284 g/mol. The van der Waals surface area contributed by atoms with Crippen LogP contribution in [0.15, 0.2) is 18.2 Å². The first-order valence-electron chi connectivity index (χ1n) is 6.75. The molecule has 1 rings (SSSR count). The number of ether oxygens (including phenoxy) is 1. The molecule has 0 aliphatic rings. The Morgan fingerprint density at radius 3 is 2.65 bits per heavy atom. The fourth-order valence-electron chi connectivity index (χ4n) is 1.77. The van der Waals surface area contributed by atoms with Crippen molar-refractivity contribution in [3.63, 3.8) is 0 Å². The van der Waals surface area contributed by atoms with Crippen molar-refractivity contribution in [1.82, 2.24) is 5.32 Å². The lowest BCUT2D eigenvalue weighted by molar-refractivity contribution is 0.199. The zero-order valence-corrected chi connectivity index (χ0v) is 12.7. The summed E-state index contributed by atoms with van der Waals surface area (Å²) in [5.41, 5.74) is 0.876. The third kappa shape index (κ3) is 4.44. The van der Waals surface area contributed by atoms with Crippen molar-refractivity contribution >= 4 is 5.69 Å². The Kier molecular flexibility index (Phi) is 6.39. The van der Waals surface area contributed by atoms with Crippen LogP contribution >= 0.6 is 0 Å². The van der Waals surface area contributed by atoms with Crippen LogP contribution in [0.1, 0.15) is 19.4 Å². The molecule has 114 valence electrons. The fourth-order valence-corrected chi connectivity index (χ4v) is 1.77. The number of methoxy groups -OCH3 is 1. The molecule has 0 amide bonds. The Bertz CT molecular complexity index is 424. The molecular formula is C15H25FN2O2. The lowest BCUT2D eigenvalue weighted by Gasteiger charge is -2.36. The van der Waals surface area contributed by atoms with Gasteiger partial charge in [-0.05, 0) is 31.5 Å². The Hall–Kier alpha value is -1.17. The number of aliphatic hydroxyl groups excluding tert-OH is 1. The third-order valence-corrected chi connectivity index (χ3v) is 3.48. The van der Waals surface area contributed by atoms with Crippen LogP contribution in [0.4, 0.5) is 10.1 Å². The number of aliphatic hydroxyl groups is 1. The van der Waals surface area contributed by atoms with Gasteiger partial charge in [0, 0.05) is 27.2 Å². The molecule has 0 aliphatic heterocycles. The molecule has 0 heterocycles. The van der Waals surface area contributed by atoms with Gasteiger partial charge in [0.05, 0.1) is 24.4 Å². The van der Waals surface area contributed by atoms with Crippen LogP contribution in [0.2, 0.25) is 0 Å². The molecule has 0 saturated heterocycles. The van der Waals surface area contributed by atoms with Gasteiger partial charge in [-0.1, -0.05) is 6.07 Å². The zero-order valence-electron chi connectivity index (χ0n) is 12.7. The molecule has 0 unspecified atom stereocenters. The van der Waals surface area contributed by atoms with Gasteiger partial charge in [-0.15, -0.1) is 0 Å². The summed E-state index contributed by atoms with van der Waals surface area (Å²) in [6.07, 6.45) is 0. The van der Waals surface area contributed by atoms with E-state index in [2.05, 4.69) is 5.32 Å². The average molecular weight is 284 g/mol. The highest BCUT2D eigenvalue weighted by atomic mass is 19.1. The molecule has 0 atom stereocenters. The lowest BCUT2D eigenvalue weighted by Crippen LogP contribution is -2.44. The summed E-state index contributed by atoms with van der Waals surface area (Å²) in [5, 5.41) is 12.5. The smallest absolute Gasteiger partial charge is 0.146 e. The first-order chi connectivity index (χ1) is 9.42. The van der Waals surface area contributed by atoms with Crippen LogP contribution in [-0.4, -0.2) is 44.6 Å². The number of anilines is 1. The Morgan fingerprint density at radius 2 is 2.10 bits per heavy atom. The van der Waals surface area contributed by atoms with E-state index in [0.717, 1.165) is 12.1 Å². The van der Waals surface area contributed by atoms with Gasteiger partial charge in [-0.25, -0.2) is 4.39 Å². The molecule has 0 saturated carbocycles. The second-order valence-electron chi connectivity index (χ2n) is 5.48. The van der Waals surface area contributed by atoms with Crippen molar-refractivity contribution in [2.24, 2.45) is 0 Å². The maximum atomic E-state index is 14.2. The van der Waals surface area contributed by atoms with Crippen LogP contribution in [0, 0.1) is 5.82 Å². The number of hydrogen-bond donors (Lipinski definition) is 2. The van der Waals surface area contributed by atoms with Gasteiger partial charge in [0.1, 0.15) is 5.82 Å². The largest absolute Gasteiger partial charge is 0.394 e. The predicted molar refractivity (Wildman–Crippen MR) is 79.6 cm³/mol. The molecule has 0 fully saturated rings. The molecule has 1 aromatic rings. The first-order valence-corrected chi connectivity index (χ1v) is 6.75. The summed E-state index contributed by atoms with van der Waals surface area (Å²) in [5.74, 6) is -0.278. The van der Waals surface area contributed by atoms with E-state index in [0.29, 0.717) is 18.8 Å². The predicted octanol–water partition coefficient (Wildman–Crippen LogP) is 1.77. The molecule has 0 aromatic heterocycles. The Balaban J connectivity index is 2.73. The summed E-state index contributed by atoms with van der Waals surface area (Å²) in [4.78, 5) is 1.75. The van der Waals surface area contributed by atoms with E-state index in [1.807, 2.05) is 19.9 Å². The van der Waals surface area contributed by atoms with Crippen LogP contribution in [0.25, 0.3) is 0 Å². The van der Waals surface area contributed by atoms with E-state index < -0.39 is 5.54 Å². The summed E-state index contributed by atoms with van der Waals surface area (Å²) < 4.78 is 19.1. The van der Waals surface area contributed by atoms with E-state index in [1.165, 1.54) is 6.07 Å². The van der Waals surface area contributed by atoms with Crippen LogP contribution in [0.3, 0.4) is 0 Å². The summed E-state index contributed by atoms with van der Waals surface area (Å²) in [7, 11) is 3.43. The zero-order chi connectivity index (χ0) is 15.2. The average Bonchev–Trinajstić information content (AvgIpc) is 2.43. The number of nitrogens with one attached hydrogen (secondary N) is 1. The summed E-state index contributed by atoms with van der Waals surface area (Å²) in [6, 6.07) is 5.17. The topological polar surface area (TPSA) is 44.7 Å². The second kappa shape index (κ2) is 7.57. The van der Waals surface area contributed by atoms with E-state index >= 15 is 0 Å². The van der Waals surface area contributed by atoms with Crippen molar-refractivity contribution in [1.29, 1.82) is 0 Å². The molecule has 0 bridgehead atoms. The standard InChI is InChI=1S/C15H25FN2O2/c1-15(2,11-19)18(3)14-6-5-12(9-13(14)16)10-17-7-8-20-4/h5-6,9,17,19H,7-8,10-11H2,1-4H3. The quantitative estimate of drug-likeness (QED) is 0.714.